The molecule has 2 aliphatic heterocycles. The van der Waals surface area contributed by atoms with Crippen molar-refractivity contribution in [3.8, 4) is 0 Å². The van der Waals surface area contributed by atoms with E-state index in [2.05, 4.69) is 0 Å². The third kappa shape index (κ3) is 6.31. The highest BCUT2D eigenvalue weighted by molar-refractivity contribution is 5.95. The Morgan fingerprint density at radius 3 is 2.19 bits per heavy atom. The zero-order valence-corrected chi connectivity index (χ0v) is 21.6. The quantitative estimate of drug-likeness (QED) is 0.181. The summed E-state index contributed by atoms with van der Waals surface area (Å²) < 4.78 is 22.2. The largest absolute Gasteiger partial charge is 0.388 e. The molecular formula is C25H40O12. The van der Waals surface area contributed by atoms with E-state index in [4.69, 9.17) is 18.9 Å². The summed E-state index contributed by atoms with van der Waals surface area (Å²) >= 11 is 0. The lowest BCUT2D eigenvalue weighted by Gasteiger charge is -2.43. The van der Waals surface area contributed by atoms with Gasteiger partial charge in [-0.05, 0) is 26.8 Å². The average Bonchev–Trinajstić information content (AvgIpc) is 2.83. The Bertz CT molecular complexity index is 859. The minimum atomic E-state index is -1.63. The number of carbonyl (C=O) groups excluding carboxylic acids is 1. The summed E-state index contributed by atoms with van der Waals surface area (Å²) in [6.07, 6.45) is -10.7. The molecule has 7 N–H and O–H groups in total. The maximum atomic E-state index is 12.0. The van der Waals surface area contributed by atoms with Crippen LogP contribution in [0.2, 0.25) is 0 Å². The van der Waals surface area contributed by atoms with E-state index in [1.54, 1.807) is 39.8 Å². The molecular weight excluding hydrogens is 492 g/mol. The van der Waals surface area contributed by atoms with Crippen molar-refractivity contribution in [1.29, 1.82) is 0 Å². The summed E-state index contributed by atoms with van der Waals surface area (Å²) in [6.45, 7) is 8.15. The van der Waals surface area contributed by atoms with Crippen molar-refractivity contribution >= 4 is 5.78 Å². The van der Waals surface area contributed by atoms with Gasteiger partial charge in [-0.1, -0.05) is 31.6 Å². The van der Waals surface area contributed by atoms with Gasteiger partial charge in [0.05, 0.1) is 18.8 Å². The van der Waals surface area contributed by atoms with Crippen LogP contribution in [0.1, 0.15) is 34.6 Å². The molecule has 212 valence electrons. The molecule has 13 atom stereocenters. The van der Waals surface area contributed by atoms with Crippen molar-refractivity contribution in [1.82, 2.24) is 0 Å². The Hall–Kier alpha value is -1.29. The van der Waals surface area contributed by atoms with Gasteiger partial charge in [0.2, 0.25) is 0 Å². The summed E-state index contributed by atoms with van der Waals surface area (Å²) in [5.41, 5.74) is 0.0373. The highest BCUT2D eigenvalue weighted by Gasteiger charge is 2.47. The minimum absolute atomic E-state index is 0.254. The van der Waals surface area contributed by atoms with E-state index in [0.717, 1.165) is 5.57 Å². The molecule has 1 aliphatic carbocycles. The van der Waals surface area contributed by atoms with Crippen molar-refractivity contribution in [2.24, 2.45) is 11.3 Å². The van der Waals surface area contributed by atoms with Gasteiger partial charge in [-0.3, -0.25) is 4.79 Å². The van der Waals surface area contributed by atoms with Crippen molar-refractivity contribution in [3.63, 3.8) is 0 Å². The Morgan fingerprint density at radius 1 is 0.946 bits per heavy atom. The number of aliphatic hydroxyl groups excluding tert-OH is 7. The molecule has 0 amide bonds. The van der Waals surface area contributed by atoms with Crippen molar-refractivity contribution in [2.45, 2.75) is 108 Å². The standard InChI is InChI=1S/C25H40O12/c1-10-8-14(26)22(33)25(4,5)13(10)7-6-11(2)35-24-21(32)19(30)17(28)15(37-24)9-34-23-20(31)18(29)16(27)12(3)36-23/h6-8,11-13,15-24,27-33H,9H2,1-5H3/b7-6+/t11-,12+,13+,15-,16+,17-,18-,19+,20-,21-,22-,23-,24-/m1/s1. The Labute approximate surface area is 215 Å². The number of hydrogen-bond acceptors (Lipinski definition) is 12. The average molecular weight is 533 g/mol. The van der Waals surface area contributed by atoms with Gasteiger partial charge in [-0.2, -0.15) is 0 Å². The molecule has 12 heteroatoms. The second-order valence-corrected chi connectivity index (χ2v) is 10.7. The highest BCUT2D eigenvalue weighted by atomic mass is 16.7. The predicted molar refractivity (Wildman–Crippen MR) is 127 cm³/mol. The summed E-state index contributed by atoms with van der Waals surface area (Å²) in [4.78, 5) is 12.0. The van der Waals surface area contributed by atoms with Crippen LogP contribution < -0.4 is 0 Å². The number of rotatable bonds is 7. The number of carbonyl (C=O) groups is 1. The number of ether oxygens (including phenoxy) is 4. The first-order valence-electron chi connectivity index (χ1n) is 12.4. The fourth-order valence-corrected chi connectivity index (χ4v) is 4.95. The normalized spacial score (nSPS) is 45.6. The van der Waals surface area contributed by atoms with Crippen LogP contribution in [-0.2, 0) is 23.7 Å². The number of allylic oxidation sites excluding steroid dienone is 2. The molecule has 0 saturated carbocycles. The zero-order valence-electron chi connectivity index (χ0n) is 21.6. The van der Waals surface area contributed by atoms with Gasteiger partial charge in [0, 0.05) is 11.3 Å². The van der Waals surface area contributed by atoms with Crippen molar-refractivity contribution < 1.29 is 59.5 Å². The third-order valence-electron chi connectivity index (χ3n) is 7.46. The van der Waals surface area contributed by atoms with E-state index in [-0.39, 0.29) is 11.7 Å². The maximum Gasteiger partial charge on any atom is 0.187 e. The highest BCUT2D eigenvalue weighted by Crippen LogP contribution is 2.41. The van der Waals surface area contributed by atoms with Gasteiger partial charge in [0.25, 0.3) is 0 Å². The van der Waals surface area contributed by atoms with E-state index in [1.165, 1.54) is 13.0 Å². The molecule has 0 aromatic rings. The van der Waals surface area contributed by atoms with Gasteiger partial charge in [-0.25, -0.2) is 0 Å². The molecule has 0 spiro atoms. The maximum absolute atomic E-state index is 12.0. The minimum Gasteiger partial charge on any atom is -0.388 e. The van der Waals surface area contributed by atoms with Crippen LogP contribution in [0.4, 0.5) is 0 Å². The molecule has 2 fully saturated rings. The molecule has 0 unspecified atom stereocenters. The summed E-state index contributed by atoms with van der Waals surface area (Å²) in [6, 6.07) is 0. The Kier molecular flexibility index (Phi) is 9.68. The van der Waals surface area contributed by atoms with E-state index in [0.29, 0.717) is 0 Å². The lowest BCUT2D eigenvalue weighted by molar-refractivity contribution is -0.330. The SMILES string of the molecule is CC1=CC(=O)[C@@H](O)C(C)(C)[C@H]1/C=C/[C@@H](C)O[C@@H]1O[C@H](CO[C@@H]2O[C@@H](C)[C@H](O)[C@@H](O)[C@H]2O)[C@@H](O)[C@H](O)[C@H]1O. The van der Waals surface area contributed by atoms with E-state index >= 15 is 0 Å². The van der Waals surface area contributed by atoms with E-state index in [1.807, 2.05) is 0 Å². The Balaban J connectivity index is 1.63. The van der Waals surface area contributed by atoms with Crippen LogP contribution >= 0.6 is 0 Å². The molecule has 3 aliphatic rings. The van der Waals surface area contributed by atoms with Crippen LogP contribution in [0.25, 0.3) is 0 Å². The Morgan fingerprint density at radius 2 is 1.54 bits per heavy atom. The summed E-state index contributed by atoms with van der Waals surface area (Å²) in [5.74, 6) is -0.600. The molecule has 0 bridgehead atoms. The van der Waals surface area contributed by atoms with E-state index < -0.39 is 85.6 Å². The van der Waals surface area contributed by atoms with Gasteiger partial charge in [0.1, 0.15) is 48.8 Å². The van der Waals surface area contributed by atoms with Gasteiger partial charge in [-0.15, -0.1) is 0 Å². The van der Waals surface area contributed by atoms with Crippen molar-refractivity contribution in [3.05, 3.63) is 23.8 Å². The third-order valence-corrected chi connectivity index (χ3v) is 7.46. The molecule has 2 heterocycles. The molecule has 37 heavy (non-hydrogen) atoms. The smallest absolute Gasteiger partial charge is 0.187 e. The summed E-state index contributed by atoms with van der Waals surface area (Å²) in [7, 11) is 0. The van der Waals surface area contributed by atoms with Crippen LogP contribution in [0.5, 0.6) is 0 Å². The first kappa shape index (κ1) is 30.3. The summed E-state index contributed by atoms with van der Waals surface area (Å²) in [5, 5.41) is 71.3. The van der Waals surface area contributed by atoms with E-state index in [9.17, 15) is 40.5 Å². The van der Waals surface area contributed by atoms with Crippen LogP contribution in [0, 0.1) is 11.3 Å². The van der Waals surface area contributed by atoms with Gasteiger partial charge < -0.3 is 54.7 Å². The van der Waals surface area contributed by atoms with Gasteiger partial charge >= 0.3 is 0 Å². The molecule has 0 radical (unpaired) electrons. The van der Waals surface area contributed by atoms with Crippen molar-refractivity contribution in [2.75, 3.05) is 6.61 Å². The van der Waals surface area contributed by atoms with Crippen LogP contribution in [0.3, 0.4) is 0 Å². The predicted octanol–water partition coefficient (Wildman–Crippen LogP) is -1.87. The molecule has 0 aromatic carbocycles. The fourth-order valence-electron chi connectivity index (χ4n) is 4.95. The molecule has 2 saturated heterocycles. The number of ketones is 1. The topological polar surface area (TPSA) is 196 Å². The molecule has 12 nitrogen and oxygen atoms in total. The number of hydrogen-bond donors (Lipinski definition) is 7. The molecule has 0 aromatic heterocycles. The van der Waals surface area contributed by atoms with Gasteiger partial charge in [0.15, 0.2) is 18.4 Å². The fraction of sp³-hybridized carbons (Fsp3) is 0.800. The lowest BCUT2D eigenvalue weighted by Crippen LogP contribution is -2.61. The van der Waals surface area contributed by atoms with Crippen LogP contribution in [0.15, 0.2) is 23.8 Å². The molecule has 3 rings (SSSR count). The van der Waals surface area contributed by atoms with Crippen LogP contribution in [-0.4, -0.2) is 122 Å². The monoisotopic (exact) mass is 532 g/mol. The second kappa shape index (κ2) is 11.8. The second-order valence-electron chi connectivity index (χ2n) is 10.7. The lowest BCUT2D eigenvalue weighted by atomic mass is 9.66. The number of aliphatic hydroxyl groups is 7. The first-order chi connectivity index (χ1) is 17.2. The zero-order chi connectivity index (χ0) is 27.8. The first-order valence-corrected chi connectivity index (χ1v) is 12.4.